The van der Waals surface area contributed by atoms with Gasteiger partial charge in [0, 0.05) is 0 Å². The van der Waals surface area contributed by atoms with Crippen molar-refractivity contribution in [3.63, 3.8) is 0 Å². The van der Waals surface area contributed by atoms with Crippen LogP contribution >= 0.6 is 11.3 Å². The van der Waals surface area contributed by atoms with Crippen molar-refractivity contribution >= 4 is 27.6 Å². The quantitative estimate of drug-likeness (QED) is 0.809. The van der Waals surface area contributed by atoms with Crippen LogP contribution < -0.4 is 10.6 Å². The summed E-state index contributed by atoms with van der Waals surface area (Å²) in [6.45, 7) is 1.87. The van der Waals surface area contributed by atoms with Crippen molar-refractivity contribution in [1.29, 1.82) is 0 Å². The van der Waals surface area contributed by atoms with Crippen LogP contribution in [0.15, 0.2) is 11.0 Å². The van der Waals surface area contributed by atoms with Gasteiger partial charge in [0.2, 0.25) is 5.95 Å². The van der Waals surface area contributed by atoms with Gasteiger partial charge in [-0.2, -0.15) is 4.98 Å². The Bertz CT molecular complexity index is 793. The fraction of sp³-hybridized carbons (Fsp3) is 0.500. The average Bonchev–Trinajstić information content (AvgIpc) is 3.06. The van der Waals surface area contributed by atoms with E-state index in [0.717, 1.165) is 11.3 Å². The van der Waals surface area contributed by atoms with Crippen LogP contribution in [0.25, 0.3) is 10.3 Å². The molecule has 0 saturated carbocycles. The molecule has 0 bridgehead atoms. The number of aliphatic hydroxyl groups is 1. The number of rotatable bonds is 3. The summed E-state index contributed by atoms with van der Waals surface area (Å²) in [4.78, 5) is 20.1. The van der Waals surface area contributed by atoms with Crippen molar-refractivity contribution in [3.05, 3.63) is 15.9 Å². The molecule has 4 atom stereocenters. The second-order valence-corrected chi connectivity index (χ2v) is 6.20. The van der Waals surface area contributed by atoms with Gasteiger partial charge in [0.25, 0.3) is 0 Å². The van der Waals surface area contributed by atoms with Crippen LogP contribution in [0.5, 0.6) is 0 Å². The van der Waals surface area contributed by atoms with Crippen molar-refractivity contribution in [3.8, 4) is 12.3 Å². The summed E-state index contributed by atoms with van der Waals surface area (Å²) in [7, 11) is 0. The van der Waals surface area contributed by atoms with E-state index in [-0.39, 0.29) is 16.7 Å². The van der Waals surface area contributed by atoms with Crippen molar-refractivity contribution in [1.82, 2.24) is 14.5 Å². The Morgan fingerprint density at radius 3 is 3.18 bits per heavy atom. The maximum Gasteiger partial charge on any atom is 0.311 e. The third-order valence-electron chi connectivity index (χ3n) is 3.84. The number of aromatic nitrogens is 3. The number of aliphatic hydroxyl groups excluding tert-OH is 1. The Hall–Kier alpha value is -1.95. The van der Waals surface area contributed by atoms with Crippen LogP contribution in [0.1, 0.15) is 26.0 Å². The lowest BCUT2D eigenvalue weighted by Gasteiger charge is -2.18. The number of terminal acetylenes is 1. The molecule has 0 spiro atoms. The first-order valence-corrected chi connectivity index (χ1v) is 7.80. The van der Waals surface area contributed by atoms with E-state index in [4.69, 9.17) is 16.9 Å². The highest BCUT2D eigenvalue weighted by molar-refractivity contribution is 7.16. The summed E-state index contributed by atoms with van der Waals surface area (Å²) < 4.78 is 7.91. The summed E-state index contributed by atoms with van der Waals surface area (Å²) in [5, 5.41) is 9.99. The number of ether oxygens (including phenoxy) is 1. The Kier molecular flexibility index (Phi) is 3.87. The van der Waals surface area contributed by atoms with Gasteiger partial charge in [-0.05, 0) is 12.8 Å². The van der Waals surface area contributed by atoms with Crippen molar-refractivity contribution < 1.29 is 9.84 Å². The number of hydrogen-bond donors (Lipinski definition) is 2. The molecular formula is C14H16N4O3S. The lowest BCUT2D eigenvalue weighted by Crippen LogP contribution is -2.27. The molecule has 3 heterocycles. The predicted molar refractivity (Wildman–Crippen MR) is 83.2 cm³/mol. The zero-order valence-corrected chi connectivity index (χ0v) is 12.8. The third-order valence-corrected chi connectivity index (χ3v) is 4.72. The van der Waals surface area contributed by atoms with E-state index in [1.807, 2.05) is 6.92 Å². The van der Waals surface area contributed by atoms with Gasteiger partial charge in [0.05, 0.1) is 29.0 Å². The minimum Gasteiger partial charge on any atom is -0.390 e. The van der Waals surface area contributed by atoms with Crippen molar-refractivity contribution in [2.45, 2.75) is 38.2 Å². The van der Waals surface area contributed by atoms with E-state index >= 15 is 0 Å². The van der Waals surface area contributed by atoms with E-state index in [2.05, 4.69) is 15.9 Å². The van der Waals surface area contributed by atoms with Crippen LogP contribution in [0.4, 0.5) is 5.95 Å². The van der Waals surface area contributed by atoms with Gasteiger partial charge < -0.3 is 15.6 Å². The zero-order valence-electron chi connectivity index (χ0n) is 12.0. The molecule has 1 aliphatic heterocycles. The first kappa shape index (κ1) is 15.0. The number of anilines is 1. The third kappa shape index (κ3) is 2.37. The van der Waals surface area contributed by atoms with Crippen LogP contribution in [0, 0.1) is 18.3 Å². The number of nitrogen functional groups attached to an aromatic ring is 1. The highest BCUT2D eigenvalue weighted by atomic mass is 32.1. The smallest absolute Gasteiger partial charge is 0.311 e. The molecule has 8 heteroatoms. The molecule has 7 nitrogen and oxygen atoms in total. The van der Waals surface area contributed by atoms with Crippen molar-refractivity contribution in [2.24, 2.45) is 5.92 Å². The molecule has 116 valence electrons. The molecular weight excluding hydrogens is 304 g/mol. The van der Waals surface area contributed by atoms with Gasteiger partial charge in [-0.25, -0.2) is 4.98 Å². The molecule has 3 rings (SSSR count). The van der Waals surface area contributed by atoms with Gasteiger partial charge in [-0.15, -0.1) is 6.42 Å². The van der Waals surface area contributed by atoms with E-state index in [0.29, 0.717) is 23.2 Å². The van der Waals surface area contributed by atoms with Gasteiger partial charge in [-0.1, -0.05) is 24.2 Å². The van der Waals surface area contributed by atoms with E-state index in [9.17, 15) is 9.90 Å². The highest BCUT2D eigenvalue weighted by Crippen LogP contribution is 2.37. The normalized spacial score (nSPS) is 26.1. The summed E-state index contributed by atoms with van der Waals surface area (Å²) in [5.41, 5.74) is 6.03. The second-order valence-electron chi connectivity index (χ2n) is 5.20. The Morgan fingerprint density at radius 2 is 2.50 bits per heavy atom. The SMILES string of the molecule is C#C[C@@H]1C[C@@H]([C@@H](O)CC)O[C@H]1n1c(=O)sc2cnc(N)nc21. The first-order valence-electron chi connectivity index (χ1n) is 6.98. The summed E-state index contributed by atoms with van der Waals surface area (Å²) in [6.07, 6.45) is 6.50. The summed E-state index contributed by atoms with van der Waals surface area (Å²) in [6, 6.07) is 0. The monoisotopic (exact) mass is 320 g/mol. The lowest BCUT2D eigenvalue weighted by molar-refractivity contribution is -0.0624. The van der Waals surface area contributed by atoms with E-state index in [1.54, 1.807) is 0 Å². The van der Waals surface area contributed by atoms with Crippen LogP contribution in [-0.2, 0) is 4.74 Å². The largest absolute Gasteiger partial charge is 0.390 e. The maximum atomic E-state index is 12.3. The van der Waals surface area contributed by atoms with E-state index in [1.165, 1.54) is 10.8 Å². The molecule has 2 aromatic rings. The molecule has 0 amide bonds. The lowest BCUT2D eigenvalue weighted by atomic mass is 10.0. The Balaban J connectivity index is 2.07. The number of fused-ring (bicyclic) bond motifs is 1. The molecule has 1 fully saturated rings. The van der Waals surface area contributed by atoms with Crippen LogP contribution in [0.2, 0.25) is 0 Å². The average molecular weight is 320 g/mol. The minimum absolute atomic E-state index is 0.0828. The zero-order chi connectivity index (χ0) is 15.9. The highest BCUT2D eigenvalue weighted by Gasteiger charge is 2.40. The fourth-order valence-electron chi connectivity index (χ4n) is 2.67. The Morgan fingerprint density at radius 1 is 1.73 bits per heavy atom. The fourth-order valence-corrected chi connectivity index (χ4v) is 3.49. The van der Waals surface area contributed by atoms with Crippen LogP contribution in [0.3, 0.4) is 0 Å². The standard InChI is InChI=1S/C14H16N4O3S/c1-3-7-5-9(8(19)4-2)21-12(7)18-11-10(22-14(18)20)6-16-13(15)17-11/h1,6-9,12,19H,4-5H2,2H3,(H2,15,16,17)/t7-,8+,9+,12-/m1/s1. The van der Waals surface area contributed by atoms with Gasteiger partial charge in [0.1, 0.15) is 0 Å². The second kappa shape index (κ2) is 5.68. The molecule has 0 radical (unpaired) electrons. The molecule has 1 aliphatic rings. The van der Waals surface area contributed by atoms with Gasteiger partial charge in [0.15, 0.2) is 11.9 Å². The first-order chi connectivity index (χ1) is 10.5. The topological polar surface area (TPSA) is 103 Å². The summed E-state index contributed by atoms with van der Waals surface area (Å²) >= 11 is 1.02. The van der Waals surface area contributed by atoms with Gasteiger partial charge >= 0.3 is 4.87 Å². The summed E-state index contributed by atoms with van der Waals surface area (Å²) in [5.74, 6) is 2.43. The van der Waals surface area contributed by atoms with Crippen molar-refractivity contribution in [2.75, 3.05) is 5.73 Å². The molecule has 1 saturated heterocycles. The number of thiazole rings is 1. The molecule has 0 aliphatic carbocycles. The maximum absolute atomic E-state index is 12.3. The molecule has 0 unspecified atom stereocenters. The minimum atomic E-state index is -0.647. The molecule has 3 N–H and O–H groups in total. The molecule has 2 aromatic heterocycles. The molecule has 0 aromatic carbocycles. The number of nitrogens with two attached hydrogens (primary N) is 1. The molecule has 22 heavy (non-hydrogen) atoms. The van der Waals surface area contributed by atoms with Gasteiger partial charge in [-0.3, -0.25) is 9.36 Å². The predicted octanol–water partition coefficient (Wildman–Crippen LogP) is 0.743. The number of hydrogen-bond acceptors (Lipinski definition) is 7. The number of nitrogens with zero attached hydrogens (tertiary/aromatic N) is 3. The van der Waals surface area contributed by atoms with Crippen LogP contribution in [-0.4, -0.2) is 31.8 Å². The Labute approximate surface area is 130 Å². The van der Waals surface area contributed by atoms with E-state index < -0.39 is 18.4 Å².